The van der Waals surface area contributed by atoms with Crippen molar-refractivity contribution < 1.29 is 21.6 Å². The SMILES string of the molecule is C=C[C@@H](C/N=C\C(C)NCc1ccc(S(=O)(=O)CC)cn1)NC[C@H]1CC[C@H](C(F)(F)F)CC1. The van der Waals surface area contributed by atoms with Crippen LogP contribution in [0.25, 0.3) is 0 Å². The second-order valence-corrected chi connectivity index (χ2v) is 10.9. The maximum absolute atomic E-state index is 12.8. The van der Waals surface area contributed by atoms with Gasteiger partial charge in [0.05, 0.1) is 28.8 Å². The monoisotopic (exact) mass is 488 g/mol. The van der Waals surface area contributed by atoms with Gasteiger partial charge in [0.1, 0.15) is 0 Å². The molecule has 1 aromatic rings. The molecule has 1 heterocycles. The van der Waals surface area contributed by atoms with Gasteiger partial charge in [0.2, 0.25) is 0 Å². The Morgan fingerprint density at radius 2 is 1.94 bits per heavy atom. The number of pyridine rings is 1. The van der Waals surface area contributed by atoms with E-state index in [0.29, 0.717) is 32.5 Å². The average Bonchev–Trinajstić information content (AvgIpc) is 2.80. The normalized spacial score (nSPS) is 21.7. The summed E-state index contributed by atoms with van der Waals surface area (Å²) in [4.78, 5) is 8.87. The Hall–Kier alpha value is -1.78. The predicted molar refractivity (Wildman–Crippen MR) is 125 cm³/mol. The standard InChI is InChI=1S/C23H35F3N4O2S/c1-4-20(29-13-18-6-8-19(9-7-18)23(24,25)26)14-27-12-17(3)28-15-21-10-11-22(16-30-21)33(31,32)5-2/h4,10-12,16-20,28-29H,1,5-9,13-15H2,2-3H3/b27-12-/t17?,18-,19-,20-/m0/s1. The van der Waals surface area contributed by atoms with Gasteiger partial charge in [-0.1, -0.05) is 13.0 Å². The highest BCUT2D eigenvalue weighted by molar-refractivity contribution is 7.91. The summed E-state index contributed by atoms with van der Waals surface area (Å²) in [6.07, 6.45) is 2.47. The molecule has 0 radical (unpaired) electrons. The lowest BCUT2D eigenvalue weighted by molar-refractivity contribution is -0.183. The lowest BCUT2D eigenvalue weighted by Gasteiger charge is -2.30. The molecule has 1 unspecified atom stereocenters. The fourth-order valence-corrected chi connectivity index (χ4v) is 4.57. The molecule has 33 heavy (non-hydrogen) atoms. The summed E-state index contributed by atoms with van der Waals surface area (Å²) < 4.78 is 62.0. The first-order chi connectivity index (χ1) is 15.5. The summed E-state index contributed by atoms with van der Waals surface area (Å²) in [6, 6.07) is 3.20. The first-order valence-electron chi connectivity index (χ1n) is 11.4. The van der Waals surface area contributed by atoms with Crippen LogP contribution in [0.4, 0.5) is 13.2 Å². The molecule has 0 amide bonds. The zero-order valence-corrected chi connectivity index (χ0v) is 20.1. The van der Waals surface area contributed by atoms with Crippen molar-refractivity contribution in [3.05, 3.63) is 36.7 Å². The Kier molecular flexibility index (Phi) is 10.5. The van der Waals surface area contributed by atoms with E-state index >= 15 is 0 Å². The minimum absolute atomic E-state index is 0.0195. The molecule has 0 spiro atoms. The number of rotatable bonds is 12. The number of hydrogen-bond donors (Lipinski definition) is 2. The second kappa shape index (κ2) is 12.6. The van der Waals surface area contributed by atoms with Gasteiger partial charge in [-0.25, -0.2) is 8.42 Å². The largest absolute Gasteiger partial charge is 0.391 e. The number of aliphatic imine (C=N–C) groups is 1. The third kappa shape index (κ3) is 9.17. The van der Waals surface area contributed by atoms with Gasteiger partial charge >= 0.3 is 6.18 Å². The summed E-state index contributed by atoms with van der Waals surface area (Å²) in [5.41, 5.74) is 0.733. The summed E-state index contributed by atoms with van der Waals surface area (Å²) in [7, 11) is -3.25. The van der Waals surface area contributed by atoms with Gasteiger partial charge in [-0.05, 0) is 57.2 Å². The lowest BCUT2D eigenvalue weighted by atomic mass is 9.81. The van der Waals surface area contributed by atoms with Gasteiger partial charge < -0.3 is 10.6 Å². The highest BCUT2D eigenvalue weighted by atomic mass is 32.2. The number of alkyl halides is 3. The molecular formula is C23H35F3N4O2S. The number of halogens is 3. The van der Waals surface area contributed by atoms with Crippen molar-refractivity contribution in [1.29, 1.82) is 0 Å². The molecule has 6 nitrogen and oxygen atoms in total. The van der Waals surface area contributed by atoms with Gasteiger partial charge in [-0.2, -0.15) is 13.2 Å². The van der Waals surface area contributed by atoms with Crippen LogP contribution in [0.2, 0.25) is 0 Å². The van der Waals surface area contributed by atoms with E-state index in [2.05, 4.69) is 27.2 Å². The fraction of sp³-hybridized carbons (Fsp3) is 0.652. The first-order valence-corrected chi connectivity index (χ1v) is 13.0. The molecule has 2 rings (SSSR count). The third-order valence-electron chi connectivity index (χ3n) is 6.04. The molecule has 186 valence electrons. The maximum Gasteiger partial charge on any atom is 0.391 e. The highest BCUT2D eigenvalue weighted by Gasteiger charge is 2.41. The molecule has 1 saturated carbocycles. The number of aromatic nitrogens is 1. The molecule has 2 atom stereocenters. The van der Waals surface area contributed by atoms with E-state index in [1.165, 1.54) is 6.20 Å². The van der Waals surface area contributed by atoms with Crippen LogP contribution >= 0.6 is 0 Å². The number of sulfone groups is 1. The van der Waals surface area contributed by atoms with Crippen LogP contribution in [0.1, 0.15) is 45.2 Å². The fourth-order valence-electron chi connectivity index (χ4n) is 3.75. The van der Waals surface area contributed by atoms with E-state index in [1.807, 2.05) is 6.92 Å². The van der Waals surface area contributed by atoms with Gasteiger partial charge in [-0.3, -0.25) is 9.98 Å². The average molecular weight is 489 g/mol. The van der Waals surface area contributed by atoms with Gasteiger partial charge in [0.15, 0.2) is 9.84 Å². The summed E-state index contributed by atoms with van der Waals surface area (Å²) in [5.74, 6) is -0.860. The van der Waals surface area contributed by atoms with Gasteiger partial charge in [-0.15, -0.1) is 6.58 Å². The Morgan fingerprint density at radius 3 is 2.48 bits per heavy atom. The van der Waals surface area contributed by atoms with Crippen molar-refractivity contribution >= 4 is 16.1 Å². The third-order valence-corrected chi connectivity index (χ3v) is 7.76. The molecule has 0 aromatic carbocycles. The molecule has 1 fully saturated rings. The van der Waals surface area contributed by atoms with E-state index in [1.54, 1.807) is 31.3 Å². The summed E-state index contributed by atoms with van der Waals surface area (Å²) in [5, 5.41) is 6.62. The molecule has 2 N–H and O–H groups in total. The van der Waals surface area contributed by atoms with Crippen molar-refractivity contribution in [2.24, 2.45) is 16.8 Å². The van der Waals surface area contributed by atoms with E-state index in [9.17, 15) is 21.6 Å². The van der Waals surface area contributed by atoms with Crippen LogP contribution in [0, 0.1) is 11.8 Å². The van der Waals surface area contributed by atoms with Crippen LogP contribution in [-0.2, 0) is 16.4 Å². The Balaban J connectivity index is 1.69. The van der Waals surface area contributed by atoms with Crippen molar-refractivity contribution in [2.75, 3.05) is 18.8 Å². The van der Waals surface area contributed by atoms with Crippen LogP contribution in [0.3, 0.4) is 0 Å². The smallest absolute Gasteiger partial charge is 0.309 e. The number of nitrogens with zero attached hydrogens (tertiary/aromatic N) is 2. The van der Waals surface area contributed by atoms with E-state index < -0.39 is 21.9 Å². The molecular weight excluding hydrogens is 453 g/mol. The molecule has 1 aliphatic rings. The molecule has 1 aliphatic carbocycles. The molecule has 0 bridgehead atoms. The zero-order valence-electron chi connectivity index (χ0n) is 19.3. The Morgan fingerprint density at radius 1 is 1.24 bits per heavy atom. The predicted octanol–water partition coefficient (Wildman–Crippen LogP) is 3.94. The number of hydrogen-bond acceptors (Lipinski definition) is 6. The van der Waals surface area contributed by atoms with E-state index in [-0.39, 0.29) is 41.5 Å². The van der Waals surface area contributed by atoms with E-state index in [0.717, 1.165) is 5.69 Å². The molecule has 10 heteroatoms. The summed E-state index contributed by atoms with van der Waals surface area (Å²) >= 11 is 0. The van der Waals surface area contributed by atoms with E-state index in [4.69, 9.17) is 0 Å². The first kappa shape index (κ1) is 27.5. The van der Waals surface area contributed by atoms with Crippen LogP contribution in [0.5, 0.6) is 0 Å². The van der Waals surface area contributed by atoms with Gasteiger partial charge in [0.25, 0.3) is 0 Å². The minimum Gasteiger partial charge on any atom is -0.309 e. The highest BCUT2D eigenvalue weighted by Crippen LogP contribution is 2.39. The summed E-state index contributed by atoms with van der Waals surface area (Å²) in [6.45, 7) is 9.01. The quantitative estimate of drug-likeness (QED) is 0.344. The molecule has 0 saturated heterocycles. The van der Waals surface area contributed by atoms with Crippen molar-refractivity contribution in [1.82, 2.24) is 15.6 Å². The van der Waals surface area contributed by atoms with Crippen LogP contribution < -0.4 is 10.6 Å². The lowest BCUT2D eigenvalue weighted by Crippen LogP contribution is -2.37. The number of nitrogens with one attached hydrogen (secondary N) is 2. The van der Waals surface area contributed by atoms with Crippen molar-refractivity contribution in [2.45, 2.75) is 69.2 Å². The molecule has 1 aromatic heterocycles. The second-order valence-electron chi connectivity index (χ2n) is 8.58. The molecule has 0 aliphatic heterocycles. The maximum atomic E-state index is 12.8. The van der Waals surface area contributed by atoms with Crippen molar-refractivity contribution in [3.8, 4) is 0 Å². The van der Waals surface area contributed by atoms with Crippen LogP contribution in [-0.4, -0.2) is 56.7 Å². The topological polar surface area (TPSA) is 83.5 Å². The van der Waals surface area contributed by atoms with Crippen molar-refractivity contribution in [3.63, 3.8) is 0 Å². The minimum atomic E-state index is -4.07. The van der Waals surface area contributed by atoms with Gasteiger partial charge in [0, 0.05) is 31.0 Å². The Bertz CT molecular complexity index is 865. The zero-order chi connectivity index (χ0) is 24.5. The van der Waals surface area contributed by atoms with Crippen LogP contribution in [0.15, 0.2) is 40.9 Å². The Labute approximate surface area is 195 Å².